The molecule has 5 nitrogen and oxygen atoms in total. The summed E-state index contributed by atoms with van der Waals surface area (Å²) in [6.07, 6.45) is 0.624. The summed E-state index contributed by atoms with van der Waals surface area (Å²) in [6, 6.07) is 3.39. The molecule has 1 aromatic carbocycles. The number of ether oxygens (including phenoxy) is 2. The number of hydrogen-bond donors (Lipinski definition) is 2. The van der Waals surface area contributed by atoms with Crippen LogP contribution in [-0.2, 0) is 4.79 Å². The topological polar surface area (TPSA) is 67.8 Å². The van der Waals surface area contributed by atoms with Crippen molar-refractivity contribution in [2.24, 2.45) is 0 Å². The first-order chi connectivity index (χ1) is 8.97. The van der Waals surface area contributed by atoms with Gasteiger partial charge in [0, 0.05) is 24.6 Å². The summed E-state index contributed by atoms with van der Waals surface area (Å²) in [5.74, 6) is 0.308. The van der Waals surface area contributed by atoms with E-state index in [1.165, 1.54) is 7.11 Å². The Labute approximate surface area is 117 Å². The van der Waals surface area contributed by atoms with E-state index in [9.17, 15) is 4.79 Å². The van der Waals surface area contributed by atoms with Crippen molar-refractivity contribution in [2.75, 3.05) is 19.5 Å². The van der Waals surface area contributed by atoms with E-state index in [4.69, 9.17) is 26.2 Å². The van der Waals surface area contributed by atoms with Crippen molar-refractivity contribution in [3.05, 3.63) is 17.2 Å². The van der Waals surface area contributed by atoms with E-state index in [2.05, 4.69) is 5.32 Å². The van der Waals surface area contributed by atoms with Crippen LogP contribution >= 0.6 is 11.6 Å². The third-order valence-corrected chi connectivity index (χ3v) is 2.98. The summed E-state index contributed by atoms with van der Waals surface area (Å²) in [6.45, 7) is 1.90. The number of carboxylic acids is 1. The smallest absolute Gasteiger partial charge is 0.303 e. The van der Waals surface area contributed by atoms with Gasteiger partial charge in [-0.25, -0.2) is 0 Å². The normalized spacial score (nSPS) is 11.8. The molecule has 0 heterocycles. The Morgan fingerprint density at radius 1 is 1.37 bits per heavy atom. The van der Waals surface area contributed by atoms with Gasteiger partial charge in [0.15, 0.2) is 11.5 Å². The van der Waals surface area contributed by atoms with Crippen molar-refractivity contribution in [1.82, 2.24) is 0 Å². The molecule has 106 valence electrons. The van der Waals surface area contributed by atoms with Crippen LogP contribution in [0.5, 0.6) is 11.5 Å². The Kier molecular flexibility index (Phi) is 5.76. The number of carboxylic acid groups (broad SMARTS) is 1. The van der Waals surface area contributed by atoms with Gasteiger partial charge in [0.1, 0.15) is 0 Å². The van der Waals surface area contributed by atoms with Crippen LogP contribution in [0.15, 0.2) is 12.1 Å². The van der Waals surface area contributed by atoms with E-state index >= 15 is 0 Å². The van der Waals surface area contributed by atoms with Gasteiger partial charge in [0.05, 0.1) is 24.9 Å². The molecule has 1 rings (SSSR count). The van der Waals surface area contributed by atoms with Crippen LogP contribution in [0.4, 0.5) is 5.69 Å². The van der Waals surface area contributed by atoms with Gasteiger partial charge < -0.3 is 19.9 Å². The first-order valence-corrected chi connectivity index (χ1v) is 6.25. The lowest BCUT2D eigenvalue weighted by Gasteiger charge is -2.17. The largest absolute Gasteiger partial charge is 0.493 e. The van der Waals surface area contributed by atoms with Gasteiger partial charge in [0.25, 0.3) is 0 Å². The fourth-order valence-corrected chi connectivity index (χ4v) is 1.85. The van der Waals surface area contributed by atoms with Gasteiger partial charge in [-0.05, 0) is 13.3 Å². The maximum atomic E-state index is 10.5. The number of carbonyl (C=O) groups is 1. The molecule has 2 N–H and O–H groups in total. The van der Waals surface area contributed by atoms with Crippen LogP contribution in [0.25, 0.3) is 0 Å². The predicted octanol–water partition coefficient (Wildman–Crippen LogP) is 3.02. The highest BCUT2D eigenvalue weighted by molar-refractivity contribution is 6.33. The number of aliphatic carboxylic acids is 1. The Hall–Kier alpha value is -1.62. The van der Waals surface area contributed by atoms with E-state index in [0.717, 1.165) is 0 Å². The lowest BCUT2D eigenvalue weighted by atomic mass is 10.1. The standard InChI is InChI=1S/C13H18ClNO4/c1-8(4-5-13(16)17)15-10-7-12(19-3)11(18-2)6-9(10)14/h6-8,15H,4-5H2,1-3H3,(H,16,17). The molecule has 0 fully saturated rings. The number of hydrogen-bond acceptors (Lipinski definition) is 4. The van der Waals surface area contributed by atoms with Crippen molar-refractivity contribution in [2.45, 2.75) is 25.8 Å². The molecule has 0 amide bonds. The van der Waals surface area contributed by atoms with Crippen LogP contribution in [0, 0.1) is 0 Å². The Bertz CT molecular complexity index is 451. The summed E-state index contributed by atoms with van der Waals surface area (Å²) < 4.78 is 10.3. The van der Waals surface area contributed by atoms with Gasteiger partial charge in [-0.2, -0.15) is 0 Å². The summed E-state index contributed by atoms with van der Waals surface area (Å²) in [4.78, 5) is 10.5. The fraction of sp³-hybridized carbons (Fsp3) is 0.462. The lowest BCUT2D eigenvalue weighted by molar-refractivity contribution is -0.137. The maximum absolute atomic E-state index is 10.5. The van der Waals surface area contributed by atoms with Crippen molar-refractivity contribution in [3.8, 4) is 11.5 Å². The molecular weight excluding hydrogens is 270 g/mol. The van der Waals surface area contributed by atoms with Crippen molar-refractivity contribution < 1.29 is 19.4 Å². The summed E-state index contributed by atoms with van der Waals surface area (Å²) >= 11 is 6.13. The summed E-state index contributed by atoms with van der Waals surface area (Å²) in [7, 11) is 3.08. The third kappa shape index (κ3) is 4.52. The lowest BCUT2D eigenvalue weighted by Crippen LogP contribution is -2.17. The van der Waals surface area contributed by atoms with E-state index < -0.39 is 5.97 Å². The Morgan fingerprint density at radius 3 is 2.47 bits per heavy atom. The van der Waals surface area contributed by atoms with Gasteiger partial charge in [-0.1, -0.05) is 11.6 Å². The summed E-state index contributed by atoms with van der Waals surface area (Å²) in [5, 5.41) is 12.3. The molecule has 19 heavy (non-hydrogen) atoms. The second kappa shape index (κ2) is 7.09. The molecule has 1 atom stereocenters. The first kappa shape index (κ1) is 15.4. The molecule has 0 radical (unpaired) electrons. The number of benzene rings is 1. The van der Waals surface area contributed by atoms with Crippen molar-refractivity contribution in [3.63, 3.8) is 0 Å². The van der Waals surface area contributed by atoms with E-state index in [-0.39, 0.29) is 12.5 Å². The minimum atomic E-state index is -0.813. The molecule has 0 saturated heterocycles. The number of halogens is 1. The van der Waals surface area contributed by atoms with Gasteiger partial charge in [-0.3, -0.25) is 4.79 Å². The molecule has 1 aromatic rings. The second-order valence-corrected chi connectivity index (χ2v) is 4.57. The van der Waals surface area contributed by atoms with Crippen LogP contribution in [0.2, 0.25) is 5.02 Å². The fourth-order valence-electron chi connectivity index (χ4n) is 1.64. The van der Waals surface area contributed by atoms with Gasteiger partial charge >= 0.3 is 5.97 Å². The predicted molar refractivity (Wildman–Crippen MR) is 74.5 cm³/mol. The van der Waals surface area contributed by atoms with Crippen LogP contribution in [0.3, 0.4) is 0 Å². The molecule has 0 aliphatic carbocycles. The molecule has 0 spiro atoms. The monoisotopic (exact) mass is 287 g/mol. The average Bonchev–Trinajstić information content (AvgIpc) is 2.38. The third-order valence-electron chi connectivity index (χ3n) is 2.67. The molecule has 0 aliphatic heterocycles. The maximum Gasteiger partial charge on any atom is 0.303 e. The van der Waals surface area contributed by atoms with Crippen LogP contribution < -0.4 is 14.8 Å². The Morgan fingerprint density at radius 2 is 1.95 bits per heavy atom. The number of anilines is 1. The van der Waals surface area contributed by atoms with E-state index in [0.29, 0.717) is 28.6 Å². The van der Waals surface area contributed by atoms with E-state index in [1.54, 1.807) is 19.2 Å². The number of nitrogens with one attached hydrogen (secondary N) is 1. The van der Waals surface area contributed by atoms with Crippen LogP contribution in [0.1, 0.15) is 19.8 Å². The zero-order valence-corrected chi connectivity index (χ0v) is 12.0. The van der Waals surface area contributed by atoms with Crippen LogP contribution in [-0.4, -0.2) is 31.3 Å². The highest BCUT2D eigenvalue weighted by Gasteiger charge is 2.12. The number of methoxy groups -OCH3 is 2. The van der Waals surface area contributed by atoms with Gasteiger partial charge in [-0.15, -0.1) is 0 Å². The minimum absolute atomic E-state index is 0.00768. The zero-order valence-electron chi connectivity index (χ0n) is 11.2. The molecule has 0 saturated carbocycles. The molecule has 0 aromatic heterocycles. The minimum Gasteiger partial charge on any atom is -0.493 e. The summed E-state index contributed by atoms with van der Waals surface area (Å²) in [5.41, 5.74) is 0.692. The first-order valence-electron chi connectivity index (χ1n) is 5.87. The molecule has 0 bridgehead atoms. The molecule has 6 heteroatoms. The average molecular weight is 288 g/mol. The second-order valence-electron chi connectivity index (χ2n) is 4.16. The molecule has 1 unspecified atom stereocenters. The Balaban J connectivity index is 2.80. The van der Waals surface area contributed by atoms with Crippen molar-refractivity contribution in [1.29, 1.82) is 0 Å². The van der Waals surface area contributed by atoms with Gasteiger partial charge in [0.2, 0.25) is 0 Å². The molecule has 0 aliphatic rings. The SMILES string of the molecule is COc1cc(Cl)c(NC(C)CCC(=O)O)cc1OC. The highest BCUT2D eigenvalue weighted by atomic mass is 35.5. The zero-order chi connectivity index (χ0) is 14.4. The van der Waals surface area contributed by atoms with E-state index in [1.807, 2.05) is 6.92 Å². The quantitative estimate of drug-likeness (QED) is 0.807. The number of rotatable bonds is 7. The highest BCUT2D eigenvalue weighted by Crippen LogP contribution is 2.36. The van der Waals surface area contributed by atoms with Crippen molar-refractivity contribution >= 4 is 23.3 Å². The molecular formula is C13H18ClNO4.